The van der Waals surface area contributed by atoms with Crippen molar-refractivity contribution >= 4 is 34.9 Å². The number of benzene rings is 2. The summed E-state index contributed by atoms with van der Waals surface area (Å²) < 4.78 is 13.1. The van der Waals surface area contributed by atoms with Crippen LogP contribution >= 0.6 is 11.6 Å². The molecule has 0 spiro atoms. The molecule has 3 rings (SSSR count). The smallest absolute Gasteiger partial charge is 0.319 e. The lowest BCUT2D eigenvalue weighted by atomic mass is 10.0. The second-order valence-electron chi connectivity index (χ2n) is 5.48. The van der Waals surface area contributed by atoms with Gasteiger partial charge in [-0.05, 0) is 47.9 Å². The van der Waals surface area contributed by atoms with Crippen molar-refractivity contribution in [2.45, 2.75) is 19.4 Å². The molecule has 5 nitrogen and oxygen atoms in total. The largest absolute Gasteiger partial charge is 0.334 e. The Balaban J connectivity index is 1.58. The summed E-state index contributed by atoms with van der Waals surface area (Å²) in [5.74, 6) is -0.495. The minimum atomic E-state index is -0.494. The van der Waals surface area contributed by atoms with Crippen LogP contribution in [-0.2, 0) is 17.8 Å². The Morgan fingerprint density at radius 1 is 1.21 bits per heavy atom. The topological polar surface area (TPSA) is 70.2 Å². The molecule has 0 saturated heterocycles. The van der Waals surface area contributed by atoms with Crippen LogP contribution in [0.25, 0.3) is 0 Å². The molecule has 3 N–H and O–H groups in total. The average molecular weight is 348 g/mol. The normalized spacial score (nSPS) is 13.0. The summed E-state index contributed by atoms with van der Waals surface area (Å²) in [4.78, 5) is 23.3. The summed E-state index contributed by atoms with van der Waals surface area (Å²) in [6.45, 7) is 0.229. The number of amides is 3. The lowest BCUT2D eigenvalue weighted by Gasteiger charge is -2.17. The fourth-order valence-electron chi connectivity index (χ4n) is 2.47. The average Bonchev–Trinajstić information content (AvgIpc) is 2.56. The third-order valence-corrected chi connectivity index (χ3v) is 3.99. The number of hydrogen-bond donors (Lipinski definition) is 3. The van der Waals surface area contributed by atoms with Gasteiger partial charge in [0.1, 0.15) is 5.82 Å². The molecule has 1 aliphatic rings. The quantitative estimate of drug-likeness (QED) is 0.792. The molecule has 2 aromatic rings. The summed E-state index contributed by atoms with van der Waals surface area (Å²) in [5.41, 5.74) is 3.10. The highest BCUT2D eigenvalue weighted by Crippen LogP contribution is 2.25. The first kappa shape index (κ1) is 16.3. The van der Waals surface area contributed by atoms with Crippen molar-refractivity contribution < 1.29 is 14.0 Å². The van der Waals surface area contributed by atoms with E-state index in [1.807, 2.05) is 6.07 Å². The second kappa shape index (κ2) is 6.88. The molecule has 0 aromatic heterocycles. The number of aryl methyl sites for hydroxylation is 1. The Morgan fingerprint density at radius 2 is 2.04 bits per heavy atom. The summed E-state index contributed by atoms with van der Waals surface area (Å²) >= 11 is 5.70. The van der Waals surface area contributed by atoms with Gasteiger partial charge >= 0.3 is 6.03 Å². The first-order valence-corrected chi connectivity index (χ1v) is 7.80. The van der Waals surface area contributed by atoms with Gasteiger partial charge in [0.25, 0.3) is 0 Å². The zero-order valence-corrected chi connectivity index (χ0v) is 13.4. The molecular weight excluding hydrogens is 333 g/mol. The van der Waals surface area contributed by atoms with Gasteiger partial charge < -0.3 is 16.0 Å². The van der Waals surface area contributed by atoms with Crippen molar-refractivity contribution in [1.29, 1.82) is 0 Å². The predicted octanol–water partition coefficient (Wildman–Crippen LogP) is 3.69. The summed E-state index contributed by atoms with van der Waals surface area (Å²) in [6, 6.07) is 9.23. The molecule has 0 saturated carbocycles. The van der Waals surface area contributed by atoms with Crippen molar-refractivity contribution in [1.82, 2.24) is 5.32 Å². The van der Waals surface area contributed by atoms with E-state index in [1.54, 1.807) is 18.2 Å². The van der Waals surface area contributed by atoms with Crippen LogP contribution in [0.4, 0.5) is 20.6 Å². The maximum Gasteiger partial charge on any atom is 0.319 e. The maximum atomic E-state index is 13.1. The molecule has 0 fully saturated rings. The second-order valence-corrected chi connectivity index (χ2v) is 5.88. The molecule has 0 bridgehead atoms. The molecule has 2 aromatic carbocycles. The lowest BCUT2D eigenvalue weighted by Crippen LogP contribution is -2.28. The van der Waals surface area contributed by atoms with Crippen LogP contribution in [-0.4, -0.2) is 11.9 Å². The number of anilines is 2. The monoisotopic (exact) mass is 347 g/mol. The van der Waals surface area contributed by atoms with E-state index >= 15 is 0 Å². The molecule has 0 radical (unpaired) electrons. The van der Waals surface area contributed by atoms with E-state index in [1.165, 1.54) is 12.1 Å². The highest BCUT2D eigenvalue weighted by atomic mass is 35.5. The van der Waals surface area contributed by atoms with Crippen LogP contribution in [0.2, 0.25) is 5.02 Å². The number of carbonyl (C=O) groups is 2. The fourth-order valence-corrected chi connectivity index (χ4v) is 2.67. The molecule has 0 atom stereocenters. The lowest BCUT2D eigenvalue weighted by molar-refractivity contribution is -0.116. The Labute approximate surface area is 143 Å². The van der Waals surface area contributed by atoms with E-state index in [9.17, 15) is 14.0 Å². The van der Waals surface area contributed by atoms with Crippen molar-refractivity contribution in [3.8, 4) is 0 Å². The first-order chi connectivity index (χ1) is 11.5. The molecule has 1 heterocycles. The molecule has 3 amide bonds. The van der Waals surface area contributed by atoms with E-state index in [0.717, 1.165) is 11.3 Å². The van der Waals surface area contributed by atoms with Gasteiger partial charge in [-0.3, -0.25) is 4.79 Å². The van der Waals surface area contributed by atoms with Crippen molar-refractivity contribution in [2.24, 2.45) is 0 Å². The molecular formula is C17H15ClFN3O2. The van der Waals surface area contributed by atoms with E-state index in [0.29, 0.717) is 24.1 Å². The standard InChI is InChI=1S/C17H15ClFN3O2/c18-13-7-10(1-4-14(13)19)9-20-17(24)21-12-3-5-15-11(8-12)2-6-16(23)22-15/h1,3-5,7-8H,2,6,9H2,(H,22,23)(H2,20,21,24). The number of urea groups is 1. The van der Waals surface area contributed by atoms with E-state index in [4.69, 9.17) is 11.6 Å². The van der Waals surface area contributed by atoms with Crippen LogP contribution in [0.1, 0.15) is 17.5 Å². The number of halogens is 2. The van der Waals surface area contributed by atoms with Crippen molar-refractivity contribution in [3.05, 3.63) is 58.4 Å². The number of nitrogens with one attached hydrogen (secondary N) is 3. The SMILES string of the molecule is O=C1CCc2cc(NC(=O)NCc3ccc(F)c(Cl)c3)ccc2N1. The van der Waals surface area contributed by atoms with Crippen molar-refractivity contribution in [2.75, 3.05) is 10.6 Å². The van der Waals surface area contributed by atoms with Crippen LogP contribution in [0.15, 0.2) is 36.4 Å². The van der Waals surface area contributed by atoms with Gasteiger partial charge in [0, 0.05) is 24.3 Å². The molecule has 1 aliphatic heterocycles. The van der Waals surface area contributed by atoms with Crippen LogP contribution in [0, 0.1) is 5.82 Å². The van der Waals surface area contributed by atoms with Gasteiger partial charge in [-0.25, -0.2) is 9.18 Å². The Kier molecular flexibility index (Phi) is 4.66. The van der Waals surface area contributed by atoms with Gasteiger partial charge in [0.05, 0.1) is 5.02 Å². The van der Waals surface area contributed by atoms with Gasteiger partial charge in [0.15, 0.2) is 0 Å². The number of hydrogen-bond acceptors (Lipinski definition) is 2. The zero-order chi connectivity index (χ0) is 17.1. The highest BCUT2D eigenvalue weighted by Gasteiger charge is 2.15. The number of fused-ring (bicyclic) bond motifs is 1. The van der Waals surface area contributed by atoms with Gasteiger partial charge in [-0.15, -0.1) is 0 Å². The molecule has 24 heavy (non-hydrogen) atoms. The number of carbonyl (C=O) groups excluding carboxylic acids is 2. The molecule has 0 unspecified atom stereocenters. The molecule has 7 heteroatoms. The summed E-state index contributed by atoms with van der Waals surface area (Å²) in [6.07, 6.45) is 1.08. The molecule has 0 aliphatic carbocycles. The first-order valence-electron chi connectivity index (χ1n) is 7.43. The predicted molar refractivity (Wildman–Crippen MR) is 90.7 cm³/mol. The third-order valence-electron chi connectivity index (χ3n) is 3.70. The van der Waals surface area contributed by atoms with Crippen LogP contribution in [0.5, 0.6) is 0 Å². The fraction of sp³-hybridized carbons (Fsp3) is 0.176. The van der Waals surface area contributed by atoms with Crippen molar-refractivity contribution in [3.63, 3.8) is 0 Å². The summed E-state index contributed by atoms with van der Waals surface area (Å²) in [5, 5.41) is 8.22. The Morgan fingerprint density at radius 3 is 2.83 bits per heavy atom. The minimum Gasteiger partial charge on any atom is -0.334 e. The van der Waals surface area contributed by atoms with E-state index in [-0.39, 0.29) is 23.5 Å². The Hall–Kier alpha value is -2.60. The minimum absolute atomic E-state index is 0.00101. The van der Waals surface area contributed by atoms with Gasteiger partial charge in [-0.2, -0.15) is 0 Å². The summed E-state index contributed by atoms with van der Waals surface area (Å²) in [7, 11) is 0. The van der Waals surface area contributed by atoms with E-state index < -0.39 is 5.82 Å². The highest BCUT2D eigenvalue weighted by molar-refractivity contribution is 6.30. The van der Waals surface area contributed by atoms with Gasteiger partial charge in [-0.1, -0.05) is 17.7 Å². The molecule has 124 valence electrons. The van der Waals surface area contributed by atoms with Gasteiger partial charge in [0.2, 0.25) is 5.91 Å². The maximum absolute atomic E-state index is 13.1. The van der Waals surface area contributed by atoms with Crippen LogP contribution < -0.4 is 16.0 Å². The third kappa shape index (κ3) is 3.83. The Bertz CT molecular complexity index is 810. The van der Waals surface area contributed by atoms with E-state index in [2.05, 4.69) is 16.0 Å². The van der Waals surface area contributed by atoms with Crippen LogP contribution in [0.3, 0.4) is 0 Å². The zero-order valence-electron chi connectivity index (χ0n) is 12.7. The number of rotatable bonds is 3.